The summed E-state index contributed by atoms with van der Waals surface area (Å²) >= 11 is 0. The van der Waals surface area contributed by atoms with Gasteiger partial charge in [0.05, 0.1) is 12.7 Å². The Morgan fingerprint density at radius 2 is 2.08 bits per heavy atom. The molecule has 3 N–H and O–H groups in total. The molecule has 6 nitrogen and oxygen atoms in total. The fourth-order valence-electron chi connectivity index (χ4n) is 2.68. The van der Waals surface area contributed by atoms with Crippen molar-refractivity contribution in [1.82, 2.24) is 9.97 Å². The molecule has 0 unspecified atom stereocenters. The third kappa shape index (κ3) is 4.91. The molecule has 0 amide bonds. The number of aryl methyl sites for hydroxylation is 1. The maximum absolute atomic E-state index is 14.4. The molecular formula is C19H25FN4O2. The van der Waals surface area contributed by atoms with E-state index >= 15 is 0 Å². The number of ether oxygens (including phenoxy) is 1. The highest BCUT2D eigenvalue weighted by molar-refractivity contribution is 5.89. The summed E-state index contributed by atoms with van der Waals surface area (Å²) in [5.41, 5.74) is 7.88. The zero-order chi connectivity index (χ0) is 19.1. The maximum atomic E-state index is 14.4. The van der Waals surface area contributed by atoms with Crippen molar-refractivity contribution in [2.75, 3.05) is 24.7 Å². The predicted octanol–water partition coefficient (Wildman–Crippen LogP) is 3.49. The van der Waals surface area contributed by atoms with Gasteiger partial charge in [-0.05, 0) is 31.0 Å². The van der Waals surface area contributed by atoms with E-state index in [9.17, 15) is 9.18 Å². The molecule has 0 atom stereocenters. The molecule has 0 radical (unpaired) electrons. The number of nitrogens with zero attached hydrogens (tertiary/aromatic N) is 2. The number of rotatable bonds is 8. The average molecular weight is 360 g/mol. The van der Waals surface area contributed by atoms with Crippen LogP contribution in [0, 0.1) is 12.7 Å². The van der Waals surface area contributed by atoms with Crippen LogP contribution in [0.2, 0.25) is 0 Å². The molecule has 0 aliphatic carbocycles. The zero-order valence-corrected chi connectivity index (χ0v) is 15.4. The summed E-state index contributed by atoms with van der Waals surface area (Å²) in [6.07, 6.45) is 3.55. The largest absolute Gasteiger partial charge is 0.465 e. The molecule has 0 fully saturated rings. The van der Waals surface area contributed by atoms with Gasteiger partial charge in [0.15, 0.2) is 0 Å². The number of esters is 1. The maximum Gasteiger partial charge on any atom is 0.337 e. The van der Waals surface area contributed by atoms with Gasteiger partial charge in [0.1, 0.15) is 11.6 Å². The molecule has 0 bridgehead atoms. The molecule has 1 aromatic heterocycles. The summed E-state index contributed by atoms with van der Waals surface area (Å²) in [7, 11) is 1.26. The van der Waals surface area contributed by atoms with Gasteiger partial charge < -0.3 is 15.8 Å². The van der Waals surface area contributed by atoms with Crippen LogP contribution in [0.4, 0.5) is 16.2 Å². The molecule has 0 saturated heterocycles. The van der Waals surface area contributed by atoms with E-state index in [4.69, 9.17) is 5.73 Å². The van der Waals surface area contributed by atoms with Crippen LogP contribution < -0.4 is 11.1 Å². The molecule has 2 rings (SSSR count). The summed E-state index contributed by atoms with van der Waals surface area (Å²) in [6, 6.07) is 4.31. The average Bonchev–Trinajstić information content (AvgIpc) is 2.61. The van der Waals surface area contributed by atoms with Crippen LogP contribution in [0.5, 0.6) is 0 Å². The van der Waals surface area contributed by atoms with Gasteiger partial charge in [-0.1, -0.05) is 25.8 Å². The quantitative estimate of drug-likeness (QED) is 0.553. The van der Waals surface area contributed by atoms with E-state index in [-0.39, 0.29) is 11.5 Å². The van der Waals surface area contributed by atoms with Crippen molar-refractivity contribution in [2.24, 2.45) is 0 Å². The number of unbranched alkanes of at least 4 members (excludes halogenated alkanes) is 2. The first kappa shape index (κ1) is 19.6. The number of nitrogens with one attached hydrogen (secondary N) is 1. The van der Waals surface area contributed by atoms with Gasteiger partial charge in [0, 0.05) is 24.2 Å². The van der Waals surface area contributed by atoms with Crippen molar-refractivity contribution in [3.8, 4) is 0 Å². The lowest BCUT2D eigenvalue weighted by Gasteiger charge is -2.14. The minimum absolute atomic E-state index is 0.178. The number of hydrogen-bond acceptors (Lipinski definition) is 6. The number of nitrogen functional groups attached to an aromatic ring is 1. The summed E-state index contributed by atoms with van der Waals surface area (Å²) in [6.45, 7) is 4.73. The minimum atomic E-state index is -0.569. The molecule has 2 aromatic rings. The second kappa shape index (κ2) is 9.12. The van der Waals surface area contributed by atoms with Crippen LogP contribution in [-0.2, 0) is 11.2 Å². The van der Waals surface area contributed by atoms with Gasteiger partial charge in [-0.15, -0.1) is 0 Å². The lowest BCUT2D eigenvalue weighted by molar-refractivity contribution is 0.0600. The standard InChI is InChI=1S/C19H25FN4O2/c1-4-5-6-9-22-17-15(12(2)23-19(21)24-17)10-13-7-8-14(11-16(13)20)18(25)26-3/h7-8,11H,4-6,9-10H2,1-3H3,(H3,21,22,23,24). The molecule has 0 saturated carbocycles. The number of nitrogens with two attached hydrogens (primary N) is 1. The first-order valence-electron chi connectivity index (χ1n) is 8.69. The Kier molecular flexibility index (Phi) is 6.89. The van der Waals surface area contributed by atoms with E-state index in [0.717, 1.165) is 31.4 Å². The predicted molar refractivity (Wildman–Crippen MR) is 99.7 cm³/mol. The first-order valence-corrected chi connectivity index (χ1v) is 8.69. The molecular weight excluding hydrogens is 335 g/mol. The summed E-state index contributed by atoms with van der Waals surface area (Å²) in [4.78, 5) is 20.0. The van der Waals surface area contributed by atoms with Crippen LogP contribution in [0.3, 0.4) is 0 Å². The smallest absolute Gasteiger partial charge is 0.337 e. The van der Waals surface area contributed by atoms with E-state index in [1.165, 1.54) is 13.2 Å². The number of aromatic nitrogens is 2. The Labute approximate surface area is 153 Å². The Bertz CT molecular complexity index is 780. The third-order valence-corrected chi connectivity index (χ3v) is 4.15. The van der Waals surface area contributed by atoms with Crippen molar-refractivity contribution in [2.45, 2.75) is 39.5 Å². The monoisotopic (exact) mass is 360 g/mol. The second-order valence-electron chi connectivity index (χ2n) is 6.10. The number of carbonyl (C=O) groups is 1. The second-order valence-corrected chi connectivity index (χ2v) is 6.10. The molecule has 1 heterocycles. The van der Waals surface area contributed by atoms with Crippen molar-refractivity contribution in [3.05, 3.63) is 46.4 Å². The summed E-state index contributed by atoms with van der Waals surface area (Å²) in [5, 5.41) is 3.28. The lowest BCUT2D eigenvalue weighted by Crippen LogP contribution is -2.12. The molecule has 7 heteroatoms. The number of halogens is 1. The topological polar surface area (TPSA) is 90.1 Å². The molecule has 1 aromatic carbocycles. The highest BCUT2D eigenvalue weighted by atomic mass is 19.1. The normalized spacial score (nSPS) is 10.6. The number of carbonyl (C=O) groups excluding carboxylic acids is 1. The number of benzene rings is 1. The Hall–Kier alpha value is -2.70. The summed E-state index contributed by atoms with van der Waals surface area (Å²) in [5.74, 6) is -0.227. The fraction of sp³-hybridized carbons (Fsp3) is 0.421. The van der Waals surface area contributed by atoms with Crippen molar-refractivity contribution in [1.29, 1.82) is 0 Å². The minimum Gasteiger partial charge on any atom is -0.465 e. The fourth-order valence-corrected chi connectivity index (χ4v) is 2.68. The molecule has 0 spiro atoms. The van der Waals surface area contributed by atoms with E-state index in [1.807, 2.05) is 6.92 Å². The first-order chi connectivity index (χ1) is 12.5. The van der Waals surface area contributed by atoms with Crippen LogP contribution in [0.1, 0.15) is 53.4 Å². The Balaban J connectivity index is 2.26. The van der Waals surface area contributed by atoms with E-state index in [2.05, 4.69) is 26.9 Å². The Morgan fingerprint density at radius 3 is 2.73 bits per heavy atom. The molecule has 26 heavy (non-hydrogen) atoms. The van der Waals surface area contributed by atoms with E-state index in [0.29, 0.717) is 23.5 Å². The van der Waals surface area contributed by atoms with Gasteiger partial charge in [-0.25, -0.2) is 14.2 Å². The number of hydrogen-bond donors (Lipinski definition) is 2. The number of anilines is 2. The van der Waals surface area contributed by atoms with Crippen molar-refractivity contribution < 1.29 is 13.9 Å². The van der Waals surface area contributed by atoms with Gasteiger partial charge >= 0.3 is 5.97 Å². The number of methoxy groups -OCH3 is 1. The van der Waals surface area contributed by atoms with Gasteiger partial charge in [-0.2, -0.15) is 4.98 Å². The van der Waals surface area contributed by atoms with E-state index in [1.54, 1.807) is 12.1 Å². The summed E-state index contributed by atoms with van der Waals surface area (Å²) < 4.78 is 19.0. The molecule has 0 aliphatic heterocycles. The highest BCUT2D eigenvalue weighted by Crippen LogP contribution is 2.23. The molecule has 140 valence electrons. The van der Waals surface area contributed by atoms with Gasteiger partial charge in [-0.3, -0.25) is 0 Å². The molecule has 0 aliphatic rings. The van der Waals surface area contributed by atoms with Crippen LogP contribution in [0.15, 0.2) is 18.2 Å². The van der Waals surface area contributed by atoms with Gasteiger partial charge in [0.25, 0.3) is 0 Å². The van der Waals surface area contributed by atoms with Crippen LogP contribution in [0.25, 0.3) is 0 Å². The van der Waals surface area contributed by atoms with Crippen molar-refractivity contribution in [3.63, 3.8) is 0 Å². The van der Waals surface area contributed by atoms with E-state index < -0.39 is 11.8 Å². The van der Waals surface area contributed by atoms with Gasteiger partial charge in [0.2, 0.25) is 5.95 Å². The lowest BCUT2D eigenvalue weighted by atomic mass is 10.0. The highest BCUT2D eigenvalue weighted by Gasteiger charge is 2.15. The van der Waals surface area contributed by atoms with Crippen LogP contribution in [-0.4, -0.2) is 29.6 Å². The Morgan fingerprint density at radius 1 is 1.31 bits per heavy atom. The SMILES string of the molecule is CCCCCNc1nc(N)nc(C)c1Cc1ccc(C(=O)OC)cc1F. The zero-order valence-electron chi connectivity index (χ0n) is 15.4. The van der Waals surface area contributed by atoms with Crippen molar-refractivity contribution >= 4 is 17.7 Å². The third-order valence-electron chi connectivity index (χ3n) is 4.15. The van der Waals surface area contributed by atoms with Crippen LogP contribution >= 0.6 is 0 Å².